The Hall–Kier alpha value is -1.88. The number of benzene rings is 1. The van der Waals surface area contributed by atoms with E-state index < -0.39 is 0 Å². The summed E-state index contributed by atoms with van der Waals surface area (Å²) in [5.41, 5.74) is 3.11. The molecule has 2 aromatic heterocycles. The fourth-order valence-electron chi connectivity index (χ4n) is 1.71. The quantitative estimate of drug-likeness (QED) is 0.632. The Kier molecular flexibility index (Phi) is 1.94. The average Bonchev–Trinajstić information content (AvgIpc) is 2.83. The molecule has 5 heteroatoms. The third-order valence-corrected chi connectivity index (χ3v) is 2.62. The van der Waals surface area contributed by atoms with Crippen molar-refractivity contribution >= 4 is 23.1 Å². The zero-order chi connectivity index (χ0) is 11.1. The third kappa shape index (κ3) is 1.45. The first kappa shape index (κ1) is 9.35. The third-order valence-electron chi connectivity index (χ3n) is 2.44. The lowest BCUT2D eigenvalue weighted by Gasteiger charge is -1.90. The molecule has 2 N–H and O–H groups in total. The Morgan fingerprint density at radius 1 is 1.31 bits per heavy atom. The molecule has 0 radical (unpaired) electrons. The number of aromatic nitrogens is 3. The van der Waals surface area contributed by atoms with Gasteiger partial charge in [-0.05, 0) is 37.3 Å². The van der Waals surface area contributed by atoms with Crippen molar-refractivity contribution in [3.05, 3.63) is 34.7 Å². The number of H-pyrrole nitrogens is 2. The minimum atomic E-state index is 0.282. The van der Waals surface area contributed by atoms with E-state index in [9.17, 15) is 0 Å². The first-order chi connectivity index (χ1) is 7.72. The van der Waals surface area contributed by atoms with Gasteiger partial charge in [0, 0.05) is 10.9 Å². The van der Waals surface area contributed by atoms with Crippen LogP contribution in [0.25, 0.3) is 22.5 Å². The van der Waals surface area contributed by atoms with Gasteiger partial charge in [-0.3, -0.25) is 0 Å². The van der Waals surface area contributed by atoms with Crippen LogP contribution in [-0.4, -0.2) is 15.2 Å². The minimum absolute atomic E-state index is 0.282. The highest BCUT2D eigenvalue weighted by Crippen LogP contribution is 2.23. The molecule has 16 heavy (non-hydrogen) atoms. The molecule has 80 valence electrons. The maximum absolute atomic E-state index is 5.25. The molecule has 3 rings (SSSR count). The zero-order valence-electron chi connectivity index (χ0n) is 8.57. The lowest BCUT2D eigenvalue weighted by Crippen LogP contribution is -1.76. The summed E-state index contributed by atoms with van der Waals surface area (Å²) in [5, 5.41) is 7.72. The monoisotopic (exact) mass is 231 g/mol. The van der Waals surface area contributed by atoms with Crippen molar-refractivity contribution < 1.29 is 4.42 Å². The molecule has 0 saturated heterocycles. The lowest BCUT2D eigenvalue weighted by molar-refractivity contribution is 0.550. The predicted octanol–water partition coefficient (Wildman–Crippen LogP) is 3.19. The van der Waals surface area contributed by atoms with E-state index in [2.05, 4.69) is 34.2 Å². The number of aromatic amines is 2. The van der Waals surface area contributed by atoms with E-state index >= 15 is 0 Å². The van der Waals surface area contributed by atoms with Crippen LogP contribution < -0.4 is 0 Å². The van der Waals surface area contributed by atoms with Crippen molar-refractivity contribution in [2.45, 2.75) is 6.92 Å². The van der Waals surface area contributed by atoms with Gasteiger partial charge < -0.3 is 9.40 Å². The molecular weight excluding hydrogens is 222 g/mol. The second-order valence-corrected chi connectivity index (χ2v) is 4.06. The highest BCUT2D eigenvalue weighted by molar-refractivity contribution is 7.71. The van der Waals surface area contributed by atoms with Crippen LogP contribution in [0.15, 0.2) is 28.7 Å². The number of nitrogens with zero attached hydrogens (tertiary/aromatic N) is 1. The van der Waals surface area contributed by atoms with Crippen LogP contribution in [0.3, 0.4) is 0 Å². The zero-order valence-corrected chi connectivity index (χ0v) is 9.39. The van der Waals surface area contributed by atoms with Gasteiger partial charge >= 0.3 is 0 Å². The van der Waals surface area contributed by atoms with Crippen molar-refractivity contribution in [2.24, 2.45) is 0 Å². The molecule has 0 spiro atoms. The summed E-state index contributed by atoms with van der Waals surface area (Å²) in [6.07, 6.45) is 0. The van der Waals surface area contributed by atoms with Gasteiger partial charge in [0.1, 0.15) is 5.69 Å². The highest BCUT2D eigenvalue weighted by atomic mass is 32.1. The summed E-state index contributed by atoms with van der Waals surface area (Å²) in [6.45, 7) is 2.06. The normalized spacial score (nSPS) is 11.1. The van der Waals surface area contributed by atoms with Gasteiger partial charge in [0.05, 0.1) is 0 Å². The number of rotatable bonds is 1. The maximum Gasteiger partial charge on any atom is 0.284 e. The van der Waals surface area contributed by atoms with Crippen LogP contribution in [0.1, 0.15) is 5.56 Å². The van der Waals surface area contributed by atoms with Crippen LogP contribution in [0, 0.1) is 11.8 Å². The molecule has 0 bridgehead atoms. The van der Waals surface area contributed by atoms with Crippen molar-refractivity contribution in [3.8, 4) is 11.6 Å². The molecule has 0 fully saturated rings. The van der Waals surface area contributed by atoms with Gasteiger partial charge in [-0.1, -0.05) is 11.6 Å². The van der Waals surface area contributed by atoms with E-state index in [0.29, 0.717) is 5.89 Å². The van der Waals surface area contributed by atoms with Crippen molar-refractivity contribution in [1.82, 2.24) is 15.2 Å². The van der Waals surface area contributed by atoms with Gasteiger partial charge in [-0.25, -0.2) is 5.10 Å². The Morgan fingerprint density at radius 2 is 2.19 bits per heavy atom. The molecule has 0 amide bonds. The SMILES string of the molecule is Cc1ccc2[nH]c(-c3n[nH]c(=S)o3)cc2c1. The van der Waals surface area contributed by atoms with E-state index in [0.717, 1.165) is 16.6 Å². The fraction of sp³-hybridized carbons (Fsp3) is 0.0909. The average molecular weight is 231 g/mol. The van der Waals surface area contributed by atoms with Gasteiger partial charge in [0.15, 0.2) is 0 Å². The highest BCUT2D eigenvalue weighted by Gasteiger charge is 2.07. The van der Waals surface area contributed by atoms with E-state index in [4.69, 9.17) is 16.6 Å². The van der Waals surface area contributed by atoms with Gasteiger partial charge in [0.25, 0.3) is 10.7 Å². The van der Waals surface area contributed by atoms with E-state index in [-0.39, 0.29) is 4.84 Å². The fourth-order valence-corrected chi connectivity index (χ4v) is 1.84. The van der Waals surface area contributed by atoms with Crippen LogP contribution >= 0.6 is 12.2 Å². The van der Waals surface area contributed by atoms with Gasteiger partial charge in [-0.2, -0.15) is 0 Å². The van der Waals surface area contributed by atoms with Crippen molar-refractivity contribution in [1.29, 1.82) is 0 Å². The molecule has 1 aromatic carbocycles. The molecule has 0 saturated carbocycles. The molecule has 0 aliphatic carbocycles. The summed E-state index contributed by atoms with van der Waals surface area (Å²) in [4.78, 5) is 3.51. The van der Waals surface area contributed by atoms with Gasteiger partial charge in [0.2, 0.25) is 0 Å². The largest absolute Gasteiger partial charge is 0.408 e. The Labute approximate surface area is 96.3 Å². The topological polar surface area (TPSA) is 57.6 Å². The van der Waals surface area contributed by atoms with Crippen molar-refractivity contribution in [2.75, 3.05) is 0 Å². The van der Waals surface area contributed by atoms with E-state index in [1.54, 1.807) is 0 Å². The summed E-state index contributed by atoms with van der Waals surface area (Å²) < 4.78 is 5.25. The second-order valence-electron chi connectivity index (χ2n) is 3.69. The summed E-state index contributed by atoms with van der Waals surface area (Å²) >= 11 is 4.84. The second kappa shape index (κ2) is 3.31. The molecule has 0 aliphatic rings. The predicted molar refractivity (Wildman–Crippen MR) is 63.7 cm³/mol. The van der Waals surface area contributed by atoms with Crippen LogP contribution in [0.5, 0.6) is 0 Å². The number of hydrogen-bond acceptors (Lipinski definition) is 3. The smallest absolute Gasteiger partial charge is 0.284 e. The molecule has 2 heterocycles. The number of aryl methyl sites for hydroxylation is 1. The number of fused-ring (bicyclic) bond motifs is 1. The van der Waals surface area contributed by atoms with Crippen LogP contribution in [0.4, 0.5) is 0 Å². The van der Waals surface area contributed by atoms with Gasteiger partial charge in [-0.15, -0.1) is 5.10 Å². The molecular formula is C11H9N3OS. The van der Waals surface area contributed by atoms with E-state index in [1.165, 1.54) is 5.56 Å². The first-order valence-electron chi connectivity index (χ1n) is 4.87. The van der Waals surface area contributed by atoms with Crippen LogP contribution in [-0.2, 0) is 0 Å². The Morgan fingerprint density at radius 3 is 2.94 bits per heavy atom. The standard InChI is InChI=1S/C11H9N3OS/c1-6-2-3-8-7(4-6)5-9(12-8)10-13-14-11(16)15-10/h2-5,12H,1H3,(H,14,16). The molecule has 3 aromatic rings. The lowest BCUT2D eigenvalue weighted by atomic mass is 10.2. The van der Waals surface area contributed by atoms with E-state index in [1.807, 2.05) is 12.1 Å². The molecule has 4 nitrogen and oxygen atoms in total. The molecule has 0 aliphatic heterocycles. The maximum atomic E-state index is 5.25. The number of nitrogens with one attached hydrogen (secondary N) is 2. The Balaban J connectivity index is 2.22. The van der Waals surface area contributed by atoms with Crippen molar-refractivity contribution in [3.63, 3.8) is 0 Å². The molecule has 0 unspecified atom stereocenters. The first-order valence-corrected chi connectivity index (χ1v) is 5.28. The number of hydrogen-bond donors (Lipinski definition) is 2. The molecule has 0 atom stereocenters. The minimum Gasteiger partial charge on any atom is -0.408 e. The summed E-state index contributed by atoms with van der Waals surface area (Å²) in [6, 6.07) is 8.20. The Bertz CT molecular complexity index is 707. The summed E-state index contributed by atoms with van der Waals surface area (Å²) in [7, 11) is 0. The van der Waals surface area contributed by atoms with Crippen LogP contribution in [0.2, 0.25) is 0 Å². The summed E-state index contributed by atoms with van der Waals surface area (Å²) in [5.74, 6) is 0.485.